The van der Waals surface area contributed by atoms with Crippen molar-refractivity contribution in [1.29, 1.82) is 0 Å². The maximum absolute atomic E-state index is 12.1. The molecule has 0 unspecified atom stereocenters. The zero-order valence-corrected chi connectivity index (χ0v) is 15.7. The predicted octanol–water partition coefficient (Wildman–Crippen LogP) is 1.58. The molecule has 0 saturated heterocycles. The average Bonchev–Trinajstić information content (AvgIpc) is 2.56. The number of amides is 1. The van der Waals surface area contributed by atoms with E-state index in [1.165, 1.54) is 12.1 Å². The second-order valence-corrected chi connectivity index (χ2v) is 7.57. The molecule has 152 valence electrons. The van der Waals surface area contributed by atoms with Gasteiger partial charge in [0.25, 0.3) is 5.91 Å². The summed E-state index contributed by atoms with van der Waals surface area (Å²) in [6.45, 7) is 1.26. The molecule has 0 aliphatic carbocycles. The van der Waals surface area contributed by atoms with E-state index in [1.54, 1.807) is 18.3 Å². The van der Waals surface area contributed by atoms with Crippen molar-refractivity contribution in [3.63, 3.8) is 0 Å². The molecule has 1 aromatic carbocycles. The Labute approximate surface area is 155 Å². The zero-order valence-electron chi connectivity index (χ0n) is 14.9. The lowest BCUT2D eigenvalue weighted by molar-refractivity contribution is -0.151. The fourth-order valence-electron chi connectivity index (χ4n) is 1.87. The largest absolute Gasteiger partial charge is 0.456 e. The number of carbonyl (C=O) groups excluding carboxylic acids is 2. The third-order valence-electron chi connectivity index (χ3n) is 3.49. The quantitative estimate of drug-likeness (QED) is 0.476. The summed E-state index contributed by atoms with van der Waals surface area (Å²) in [5.41, 5.74) is 1.78. The molecular weight excluding hydrogens is 389 g/mol. The van der Waals surface area contributed by atoms with Crippen LogP contribution in [0.4, 0.5) is 13.2 Å². The lowest BCUT2D eigenvalue weighted by Gasteiger charge is -2.09. The molecule has 7 nitrogen and oxygen atoms in total. The molecule has 0 radical (unpaired) electrons. The van der Waals surface area contributed by atoms with E-state index in [-0.39, 0.29) is 24.3 Å². The molecule has 0 fully saturated rings. The van der Waals surface area contributed by atoms with Crippen molar-refractivity contribution in [2.75, 3.05) is 19.7 Å². The summed E-state index contributed by atoms with van der Waals surface area (Å²) in [6.07, 6.45) is -4.64. The predicted molar refractivity (Wildman–Crippen MR) is 90.4 cm³/mol. The molecule has 0 saturated carbocycles. The number of hydrogen-bond acceptors (Lipinski definition) is 5. The van der Waals surface area contributed by atoms with Crippen LogP contribution in [0.15, 0.2) is 23.1 Å². The van der Waals surface area contributed by atoms with E-state index < -0.39 is 41.2 Å². The monoisotopic (exact) mass is 410 g/mol. The van der Waals surface area contributed by atoms with Crippen molar-refractivity contribution in [2.45, 2.75) is 37.8 Å². The molecule has 0 aromatic heterocycles. The van der Waals surface area contributed by atoms with Gasteiger partial charge in [0, 0.05) is 13.0 Å². The maximum atomic E-state index is 12.1. The van der Waals surface area contributed by atoms with Crippen LogP contribution in [0.3, 0.4) is 0 Å². The molecule has 1 amide bonds. The summed E-state index contributed by atoms with van der Waals surface area (Å²) in [7, 11) is -3.72. The molecule has 0 atom stereocenters. The van der Waals surface area contributed by atoms with Crippen molar-refractivity contribution < 1.29 is 35.9 Å². The van der Waals surface area contributed by atoms with Gasteiger partial charge < -0.3 is 10.1 Å². The third kappa shape index (κ3) is 8.87. The number of carbonyl (C=O) groups is 2. The molecule has 0 bridgehead atoms. The Morgan fingerprint density at radius 1 is 1.15 bits per heavy atom. The van der Waals surface area contributed by atoms with Gasteiger partial charge in [0.1, 0.15) is 6.54 Å². The van der Waals surface area contributed by atoms with Gasteiger partial charge in [0.15, 0.2) is 6.61 Å². The topological polar surface area (TPSA) is 102 Å². The van der Waals surface area contributed by atoms with Gasteiger partial charge in [-0.05, 0) is 43.5 Å². The van der Waals surface area contributed by atoms with Crippen LogP contribution >= 0.6 is 0 Å². The van der Waals surface area contributed by atoms with Gasteiger partial charge in [-0.15, -0.1) is 0 Å². The van der Waals surface area contributed by atoms with E-state index in [0.717, 1.165) is 11.1 Å². The fraction of sp³-hybridized carbons (Fsp3) is 0.500. The summed E-state index contributed by atoms with van der Waals surface area (Å²) < 4.78 is 66.8. The summed E-state index contributed by atoms with van der Waals surface area (Å²) in [4.78, 5) is 22.6. The lowest BCUT2D eigenvalue weighted by atomic mass is 10.1. The number of rotatable bonds is 9. The minimum atomic E-state index is -4.55. The van der Waals surface area contributed by atoms with Crippen molar-refractivity contribution >= 4 is 21.9 Å². The van der Waals surface area contributed by atoms with Gasteiger partial charge in [0.05, 0.1) is 4.90 Å². The van der Waals surface area contributed by atoms with Crippen LogP contribution in [0.5, 0.6) is 0 Å². The lowest BCUT2D eigenvalue weighted by Crippen LogP contribution is -2.36. The Morgan fingerprint density at radius 2 is 1.81 bits per heavy atom. The summed E-state index contributed by atoms with van der Waals surface area (Å²) >= 11 is 0. The minimum absolute atomic E-state index is 0.0371. The number of ether oxygens (including phenoxy) is 1. The normalized spacial score (nSPS) is 11.9. The number of halogens is 3. The molecule has 0 aliphatic heterocycles. The van der Waals surface area contributed by atoms with Gasteiger partial charge >= 0.3 is 12.1 Å². The fourth-order valence-corrected chi connectivity index (χ4v) is 3.03. The molecule has 0 heterocycles. The van der Waals surface area contributed by atoms with Crippen LogP contribution in [0.2, 0.25) is 0 Å². The standard InChI is InChI=1S/C16H21F3N2O5S/c1-11-5-6-13(8-12(11)2)27(24,25)21-7-3-4-15(23)26-9-14(22)20-10-16(17,18)19/h5-6,8,21H,3-4,7,9-10H2,1-2H3,(H,20,22). The van der Waals surface area contributed by atoms with Crippen LogP contribution in [0, 0.1) is 13.8 Å². The van der Waals surface area contributed by atoms with Crippen molar-refractivity contribution in [3.8, 4) is 0 Å². The maximum Gasteiger partial charge on any atom is 0.405 e. The molecule has 1 aromatic rings. The van der Waals surface area contributed by atoms with E-state index in [9.17, 15) is 31.2 Å². The third-order valence-corrected chi connectivity index (χ3v) is 4.95. The first-order valence-corrected chi connectivity index (χ1v) is 9.45. The Morgan fingerprint density at radius 3 is 2.41 bits per heavy atom. The van der Waals surface area contributed by atoms with Crippen molar-refractivity contribution in [2.24, 2.45) is 0 Å². The molecular formula is C16H21F3N2O5S. The molecule has 1 rings (SSSR count). The highest BCUT2D eigenvalue weighted by Crippen LogP contribution is 2.14. The van der Waals surface area contributed by atoms with Crippen LogP contribution in [-0.2, 0) is 24.3 Å². The Bertz CT molecular complexity index is 779. The highest BCUT2D eigenvalue weighted by Gasteiger charge is 2.27. The van der Waals surface area contributed by atoms with E-state index in [0.29, 0.717) is 0 Å². The van der Waals surface area contributed by atoms with Gasteiger partial charge in [-0.2, -0.15) is 13.2 Å². The molecule has 11 heteroatoms. The SMILES string of the molecule is Cc1ccc(S(=O)(=O)NCCCC(=O)OCC(=O)NCC(F)(F)F)cc1C. The van der Waals surface area contributed by atoms with Crippen LogP contribution in [-0.4, -0.2) is 46.2 Å². The first-order valence-electron chi connectivity index (χ1n) is 7.97. The molecule has 0 aliphatic rings. The summed E-state index contributed by atoms with van der Waals surface area (Å²) in [5, 5.41) is 1.56. The van der Waals surface area contributed by atoms with Gasteiger partial charge in [-0.1, -0.05) is 6.07 Å². The van der Waals surface area contributed by atoms with Crippen LogP contribution in [0.1, 0.15) is 24.0 Å². The number of sulfonamides is 1. The summed E-state index contributed by atoms with van der Waals surface area (Å²) in [5.74, 6) is -1.89. The van der Waals surface area contributed by atoms with E-state index in [4.69, 9.17) is 0 Å². The van der Waals surface area contributed by atoms with Gasteiger partial charge in [-0.25, -0.2) is 13.1 Å². The van der Waals surface area contributed by atoms with Crippen molar-refractivity contribution in [3.05, 3.63) is 29.3 Å². The van der Waals surface area contributed by atoms with Gasteiger partial charge in [0.2, 0.25) is 10.0 Å². The first-order chi connectivity index (χ1) is 12.4. The summed E-state index contributed by atoms with van der Waals surface area (Å²) in [6, 6.07) is 4.69. The van der Waals surface area contributed by atoms with Crippen molar-refractivity contribution in [1.82, 2.24) is 10.0 Å². The van der Waals surface area contributed by atoms with E-state index in [2.05, 4.69) is 9.46 Å². The number of hydrogen-bond donors (Lipinski definition) is 2. The highest BCUT2D eigenvalue weighted by atomic mass is 32.2. The molecule has 0 spiro atoms. The van der Waals surface area contributed by atoms with Gasteiger partial charge in [-0.3, -0.25) is 9.59 Å². The first kappa shape index (κ1) is 22.9. The van der Waals surface area contributed by atoms with E-state index in [1.807, 2.05) is 6.92 Å². The number of alkyl halides is 3. The second kappa shape index (κ2) is 9.70. The highest BCUT2D eigenvalue weighted by molar-refractivity contribution is 7.89. The molecule has 2 N–H and O–H groups in total. The number of aryl methyl sites for hydroxylation is 2. The minimum Gasteiger partial charge on any atom is -0.456 e. The van der Waals surface area contributed by atoms with E-state index >= 15 is 0 Å². The van der Waals surface area contributed by atoms with Crippen LogP contribution in [0.25, 0.3) is 0 Å². The van der Waals surface area contributed by atoms with Crippen LogP contribution < -0.4 is 10.0 Å². The number of nitrogens with one attached hydrogen (secondary N) is 2. The Hall–Kier alpha value is -2.14. The molecule has 27 heavy (non-hydrogen) atoms. The zero-order chi connectivity index (χ0) is 20.7. The average molecular weight is 410 g/mol. The number of benzene rings is 1. The smallest absolute Gasteiger partial charge is 0.405 e. The number of esters is 1. The Kier molecular flexibility index (Phi) is 8.22. The Balaban J connectivity index is 2.31. The second-order valence-electron chi connectivity index (χ2n) is 5.80.